The first-order valence-corrected chi connectivity index (χ1v) is 3.93. The number of aromatic amines is 1. The maximum atomic E-state index is 12.0. The second-order valence-electron chi connectivity index (χ2n) is 1.86. The Balaban J connectivity index is 3.31. The van der Waals surface area contributed by atoms with Gasteiger partial charge in [0, 0.05) is 0 Å². The van der Waals surface area contributed by atoms with E-state index in [9.17, 15) is 13.6 Å². The molecular formula is C5H2BrClF2N2O. The van der Waals surface area contributed by atoms with Crippen LogP contribution in [0.4, 0.5) is 8.78 Å². The monoisotopic (exact) mass is 258 g/mol. The van der Waals surface area contributed by atoms with E-state index in [-0.39, 0.29) is 9.63 Å². The van der Waals surface area contributed by atoms with Crippen LogP contribution in [-0.4, -0.2) is 9.97 Å². The van der Waals surface area contributed by atoms with Crippen molar-refractivity contribution < 1.29 is 8.78 Å². The number of alkyl halides is 2. The molecule has 1 N–H and O–H groups in total. The van der Waals surface area contributed by atoms with E-state index in [4.69, 9.17) is 11.6 Å². The number of rotatable bonds is 1. The molecule has 0 aromatic carbocycles. The van der Waals surface area contributed by atoms with Crippen molar-refractivity contribution in [1.82, 2.24) is 9.97 Å². The Hall–Kier alpha value is -0.490. The second kappa shape index (κ2) is 3.49. The van der Waals surface area contributed by atoms with E-state index >= 15 is 0 Å². The van der Waals surface area contributed by atoms with Crippen molar-refractivity contribution in [3.8, 4) is 0 Å². The molecule has 0 amide bonds. The number of hydrogen-bond acceptors (Lipinski definition) is 2. The lowest BCUT2D eigenvalue weighted by Gasteiger charge is -1.99. The number of halogens is 4. The summed E-state index contributed by atoms with van der Waals surface area (Å²) in [5.74, 6) is -0.729. The van der Waals surface area contributed by atoms with Crippen molar-refractivity contribution in [2.45, 2.75) is 6.43 Å². The van der Waals surface area contributed by atoms with Gasteiger partial charge in [0.25, 0.3) is 12.0 Å². The Morgan fingerprint density at radius 2 is 2.17 bits per heavy atom. The minimum absolute atomic E-state index is 0.0476. The van der Waals surface area contributed by atoms with Gasteiger partial charge in [-0.1, -0.05) is 11.6 Å². The van der Waals surface area contributed by atoms with Gasteiger partial charge in [-0.3, -0.25) is 4.79 Å². The average Bonchev–Trinajstić information content (AvgIpc) is 1.99. The van der Waals surface area contributed by atoms with Gasteiger partial charge in [0.2, 0.25) is 0 Å². The Kier molecular flexibility index (Phi) is 2.79. The van der Waals surface area contributed by atoms with Gasteiger partial charge < -0.3 is 4.98 Å². The maximum Gasteiger partial charge on any atom is 0.295 e. The third kappa shape index (κ3) is 1.81. The second-order valence-corrected chi connectivity index (χ2v) is 3.01. The number of H-pyrrole nitrogens is 1. The molecule has 0 unspecified atom stereocenters. The van der Waals surface area contributed by atoms with E-state index in [1.54, 1.807) is 0 Å². The molecule has 0 radical (unpaired) electrons. The highest BCUT2D eigenvalue weighted by Crippen LogP contribution is 2.19. The van der Waals surface area contributed by atoms with Crippen molar-refractivity contribution in [2.75, 3.05) is 0 Å². The molecule has 0 bridgehead atoms. The zero-order valence-corrected chi connectivity index (χ0v) is 7.79. The lowest BCUT2D eigenvalue weighted by atomic mass is 10.5. The third-order valence-corrected chi connectivity index (χ3v) is 2.28. The van der Waals surface area contributed by atoms with Gasteiger partial charge in [-0.15, -0.1) is 0 Å². The van der Waals surface area contributed by atoms with Crippen LogP contribution in [0.15, 0.2) is 9.27 Å². The summed E-state index contributed by atoms with van der Waals surface area (Å²) in [6.45, 7) is 0. The predicted molar refractivity (Wildman–Crippen MR) is 42.5 cm³/mol. The van der Waals surface area contributed by atoms with Crippen LogP contribution < -0.4 is 5.56 Å². The smallest absolute Gasteiger partial charge is 0.295 e. The molecule has 0 fully saturated rings. The average molecular weight is 259 g/mol. The Bertz CT molecular complexity index is 354. The molecule has 0 saturated carbocycles. The summed E-state index contributed by atoms with van der Waals surface area (Å²) >= 11 is 8.13. The summed E-state index contributed by atoms with van der Waals surface area (Å²) in [6, 6.07) is 0. The fourth-order valence-corrected chi connectivity index (χ4v) is 0.916. The van der Waals surface area contributed by atoms with Gasteiger partial charge in [-0.05, 0) is 15.9 Å². The van der Waals surface area contributed by atoms with Crippen LogP contribution in [-0.2, 0) is 0 Å². The fraction of sp³-hybridized carbons (Fsp3) is 0.200. The van der Waals surface area contributed by atoms with Crippen LogP contribution in [0, 0.1) is 0 Å². The molecule has 1 aromatic rings. The number of hydrogen-bond donors (Lipinski definition) is 1. The van der Waals surface area contributed by atoms with E-state index in [0.717, 1.165) is 0 Å². The highest BCUT2D eigenvalue weighted by Gasteiger charge is 2.13. The van der Waals surface area contributed by atoms with Crippen LogP contribution in [0.25, 0.3) is 0 Å². The first-order valence-electron chi connectivity index (χ1n) is 2.75. The SMILES string of the molecule is O=c1[nH]c(C(F)F)nc(Cl)c1Br. The van der Waals surface area contributed by atoms with Gasteiger partial charge in [-0.2, -0.15) is 0 Å². The number of aromatic nitrogens is 2. The zero-order chi connectivity index (χ0) is 9.30. The molecule has 0 spiro atoms. The normalized spacial score (nSPS) is 10.8. The topological polar surface area (TPSA) is 45.8 Å². The molecule has 12 heavy (non-hydrogen) atoms. The van der Waals surface area contributed by atoms with Gasteiger partial charge in [0.15, 0.2) is 11.0 Å². The highest BCUT2D eigenvalue weighted by molar-refractivity contribution is 9.10. The molecule has 66 valence electrons. The molecule has 1 heterocycles. The van der Waals surface area contributed by atoms with Gasteiger partial charge in [0.1, 0.15) is 4.47 Å². The van der Waals surface area contributed by atoms with Gasteiger partial charge in [0.05, 0.1) is 0 Å². The summed E-state index contributed by atoms with van der Waals surface area (Å²) in [5.41, 5.74) is -0.717. The molecule has 0 atom stereocenters. The summed E-state index contributed by atoms with van der Waals surface area (Å²) in [7, 11) is 0. The maximum absolute atomic E-state index is 12.0. The van der Waals surface area contributed by atoms with Crippen LogP contribution in [0.2, 0.25) is 5.15 Å². The third-order valence-electron chi connectivity index (χ3n) is 1.05. The van der Waals surface area contributed by atoms with Crippen molar-refractivity contribution in [2.24, 2.45) is 0 Å². The van der Waals surface area contributed by atoms with Crippen molar-refractivity contribution in [3.63, 3.8) is 0 Å². The van der Waals surface area contributed by atoms with Crippen LogP contribution in [0.1, 0.15) is 12.2 Å². The Morgan fingerprint density at radius 1 is 1.58 bits per heavy atom. The van der Waals surface area contributed by atoms with E-state index in [0.29, 0.717) is 0 Å². The van der Waals surface area contributed by atoms with Crippen molar-refractivity contribution in [1.29, 1.82) is 0 Å². The molecule has 7 heteroatoms. The molecule has 1 aromatic heterocycles. The van der Waals surface area contributed by atoms with Gasteiger partial charge >= 0.3 is 0 Å². The minimum atomic E-state index is -2.83. The molecule has 0 aliphatic carbocycles. The van der Waals surface area contributed by atoms with E-state index < -0.39 is 17.8 Å². The molecule has 0 saturated heterocycles. The highest BCUT2D eigenvalue weighted by atomic mass is 79.9. The van der Waals surface area contributed by atoms with Crippen LogP contribution in [0.3, 0.4) is 0 Å². The quantitative estimate of drug-likeness (QED) is 0.785. The minimum Gasteiger partial charge on any atom is -0.305 e. The number of nitrogens with zero attached hydrogens (tertiary/aromatic N) is 1. The van der Waals surface area contributed by atoms with Crippen molar-refractivity contribution >= 4 is 27.5 Å². The van der Waals surface area contributed by atoms with Crippen molar-refractivity contribution in [3.05, 3.63) is 25.8 Å². The lowest BCUT2D eigenvalue weighted by Crippen LogP contribution is -2.12. The summed E-state index contributed by atoms with van der Waals surface area (Å²) in [5, 5.41) is -0.269. The molecule has 0 aliphatic heterocycles. The molecule has 1 rings (SSSR count). The first kappa shape index (κ1) is 9.60. The van der Waals surface area contributed by atoms with E-state index in [1.807, 2.05) is 4.98 Å². The van der Waals surface area contributed by atoms with Crippen LogP contribution in [0.5, 0.6) is 0 Å². The molecule has 0 aliphatic rings. The largest absolute Gasteiger partial charge is 0.305 e. The zero-order valence-electron chi connectivity index (χ0n) is 5.44. The van der Waals surface area contributed by atoms with Gasteiger partial charge in [-0.25, -0.2) is 13.8 Å². The summed E-state index contributed by atoms with van der Waals surface area (Å²) in [6.07, 6.45) is -2.83. The summed E-state index contributed by atoms with van der Waals surface area (Å²) in [4.78, 5) is 15.9. The lowest BCUT2D eigenvalue weighted by molar-refractivity contribution is 0.140. The predicted octanol–water partition coefficient (Wildman–Crippen LogP) is 2.12. The van der Waals surface area contributed by atoms with Crippen LogP contribution >= 0.6 is 27.5 Å². The van der Waals surface area contributed by atoms with E-state index in [2.05, 4.69) is 20.9 Å². The molecular weight excluding hydrogens is 257 g/mol. The standard InChI is InChI=1S/C5H2BrClF2N2O/c6-1-2(7)10-4(3(8)9)11-5(1)12/h3H,(H,10,11,12). The number of nitrogens with one attached hydrogen (secondary N) is 1. The first-order chi connectivity index (χ1) is 5.52. The molecule has 3 nitrogen and oxygen atoms in total. The Labute approximate surface area is 78.9 Å². The summed E-state index contributed by atoms with van der Waals surface area (Å²) < 4.78 is 23.9. The van der Waals surface area contributed by atoms with E-state index in [1.165, 1.54) is 0 Å². The fourth-order valence-electron chi connectivity index (χ4n) is 0.551. The Morgan fingerprint density at radius 3 is 2.58 bits per heavy atom.